The molecule has 0 N–H and O–H groups in total. The molecular weight excluding hydrogens is 186 g/mol. The lowest BCUT2D eigenvalue weighted by atomic mass is 10.2. The van der Waals surface area contributed by atoms with Crippen molar-refractivity contribution in [1.29, 1.82) is 0 Å². The van der Waals surface area contributed by atoms with Crippen LogP contribution in [0.1, 0.15) is 20.3 Å². The molecule has 1 heterocycles. The van der Waals surface area contributed by atoms with Gasteiger partial charge in [0.05, 0.1) is 12.7 Å². The van der Waals surface area contributed by atoms with E-state index in [-0.39, 0.29) is 0 Å². The summed E-state index contributed by atoms with van der Waals surface area (Å²) in [7, 11) is 0. The molecular formula is C10H20ClNO. The second-order valence-electron chi connectivity index (χ2n) is 4.03. The molecule has 1 saturated heterocycles. The fourth-order valence-electron chi connectivity index (χ4n) is 1.66. The van der Waals surface area contributed by atoms with Crippen LogP contribution in [0.4, 0.5) is 0 Å². The average molecular weight is 206 g/mol. The zero-order valence-electron chi connectivity index (χ0n) is 8.63. The first kappa shape index (κ1) is 11.3. The van der Waals surface area contributed by atoms with Crippen LogP contribution in [0.15, 0.2) is 0 Å². The summed E-state index contributed by atoms with van der Waals surface area (Å²) in [4.78, 5) is 2.44. The third kappa shape index (κ3) is 4.30. The van der Waals surface area contributed by atoms with Gasteiger partial charge in [-0.05, 0) is 32.7 Å². The fourth-order valence-corrected chi connectivity index (χ4v) is 1.91. The molecule has 13 heavy (non-hydrogen) atoms. The molecule has 0 spiro atoms. The van der Waals surface area contributed by atoms with Crippen LogP contribution in [0.2, 0.25) is 0 Å². The van der Waals surface area contributed by atoms with Crippen LogP contribution in [0.25, 0.3) is 0 Å². The van der Waals surface area contributed by atoms with Gasteiger partial charge in [0, 0.05) is 19.0 Å². The summed E-state index contributed by atoms with van der Waals surface area (Å²) >= 11 is 5.80. The first-order valence-corrected chi connectivity index (χ1v) is 5.65. The van der Waals surface area contributed by atoms with Crippen LogP contribution in [0, 0.1) is 5.92 Å². The van der Waals surface area contributed by atoms with Gasteiger partial charge in [-0.2, -0.15) is 0 Å². The number of nitrogens with zero attached hydrogens (tertiary/aromatic N) is 1. The van der Waals surface area contributed by atoms with Gasteiger partial charge in [-0.3, -0.25) is 0 Å². The van der Waals surface area contributed by atoms with Crippen LogP contribution >= 0.6 is 11.6 Å². The summed E-state index contributed by atoms with van der Waals surface area (Å²) in [5.41, 5.74) is 0. The molecule has 78 valence electrons. The summed E-state index contributed by atoms with van der Waals surface area (Å²) in [6, 6.07) is 0. The number of hydrogen-bond donors (Lipinski definition) is 0. The SMILES string of the molecule is CC(C)OCCN1CCC(CCl)C1. The molecule has 0 amide bonds. The molecule has 3 heteroatoms. The Morgan fingerprint density at radius 2 is 2.31 bits per heavy atom. The molecule has 0 radical (unpaired) electrons. The van der Waals surface area contributed by atoms with Gasteiger partial charge in [0.25, 0.3) is 0 Å². The number of hydrogen-bond acceptors (Lipinski definition) is 2. The maximum atomic E-state index is 5.80. The zero-order valence-corrected chi connectivity index (χ0v) is 9.39. The predicted octanol–water partition coefficient (Wildman–Crippen LogP) is 1.97. The van der Waals surface area contributed by atoms with Crippen LogP contribution in [-0.4, -0.2) is 43.1 Å². The molecule has 1 unspecified atom stereocenters. The fraction of sp³-hybridized carbons (Fsp3) is 1.00. The third-order valence-corrected chi connectivity index (χ3v) is 2.88. The highest BCUT2D eigenvalue weighted by Crippen LogP contribution is 2.16. The lowest BCUT2D eigenvalue weighted by Gasteiger charge is -2.16. The van der Waals surface area contributed by atoms with E-state index in [0.717, 1.165) is 25.6 Å². The minimum atomic E-state index is 0.353. The molecule has 1 aliphatic rings. The van der Waals surface area contributed by atoms with Gasteiger partial charge in [-0.1, -0.05) is 0 Å². The predicted molar refractivity (Wildman–Crippen MR) is 56.4 cm³/mol. The molecule has 0 aromatic heterocycles. The highest BCUT2D eigenvalue weighted by Gasteiger charge is 2.20. The quantitative estimate of drug-likeness (QED) is 0.637. The zero-order chi connectivity index (χ0) is 9.68. The van der Waals surface area contributed by atoms with E-state index in [1.54, 1.807) is 0 Å². The van der Waals surface area contributed by atoms with Gasteiger partial charge in [0.1, 0.15) is 0 Å². The molecule has 2 nitrogen and oxygen atoms in total. The Morgan fingerprint density at radius 3 is 2.85 bits per heavy atom. The highest BCUT2D eigenvalue weighted by atomic mass is 35.5. The van der Waals surface area contributed by atoms with Gasteiger partial charge >= 0.3 is 0 Å². The van der Waals surface area contributed by atoms with Crippen molar-refractivity contribution >= 4 is 11.6 Å². The minimum Gasteiger partial charge on any atom is -0.377 e. The van der Waals surface area contributed by atoms with E-state index in [2.05, 4.69) is 18.7 Å². The van der Waals surface area contributed by atoms with Crippen molar-refractivity contribution in [2.45, 2.75) is 26.4 Å². The van der Waals surface area contributed by atoms with Crippen molar-refractivity contribution in [3.05, 3.63) is 0 Å². The molecule has 0 bridgehead atoms. The van der Waals surface area contributed by atoms with Crippen LogP contribution < -0.4 is 0 Å². The summed E-state index contributed by atoms with van der Waals surface area (Å²) in [5, 5.41) is 0. The second kappa shape index (κ2) is 5.84. The monoisotopic (exact) mass is 205 g/mol. The third-order valence-electron chi connectivity index (χ3n) is 2.45. The topological polar surface area (TPSA) is 12.5 Å². The molecule has 0 aromatic rings. The molecule has 0 aromatic carbocycles. The standard InChI is InChI=1S/C10H20ClNO/c1-9(2)13-6-5-12-4-3-10(7-11)8-12/h9-10H,3-8H2,1-2H3. The van der Waals surface area contributed by atoms with Gasteiger partial charge in [-0.15, -0.1) is 11.6 Å². The van der Waals surface area contributed by atoms with Crippen LogP contribution in [-0.2, 0) is 4.74 Å². The Kier molecular flexibility index (Phi) is 5.07. The van der Waals surface area contributed by atoms with E-state index in [9.17, 15) is 0 Å². The lowest BCUT2D eigenvalue weighted by molar-refractivity contribution is 0.0630. The molecule has 0 aliphatic carbocycles. The summed E-state index contributed by atoms with van der Waals surface area (Å²) in [6.45, 7) is 8.42. The Labute approximate surface area is 86.2 Å². The van der Waals surface area contributed by atoms with E-state index >= 15 is 0 Å². The van der Waals surface area contributed by atoms with E-state index in [1.807, 2.05) is 0 Å². The van der Waals surface area contributed by atoms with Crippen molar-refractivity contribution in [3.8, 4) is 0 Å². The Bertz CT molecular complexity index is 141. The first-order chi connectivity index (χ1) is 6.22. The van der Waals surface area contributed by atoms with Crippen LogP contribution in [0.5, 0.6) is 0 Å². The van der Waals surface area contributed by atoms with E-state index in [1.165, 1.54) is 13.0 Å². The maximum Gasteiger partial charge on any atom is 0.0596 e. The van der Waals surface area contributed by atoms with Gasteiger partial charge < -0.3 is 9.64 Å². The molecule has 1 aliphatic heterocycles. The van der Waals surface area contributed by atoms with Gasteiger partial charge in [0.15, 0.2) is 0 Å². The summed E-state index contributed by atoms with van der Waals surface area (Å²) < 4.78 is 5.50. The summed E-state index contributed by atoms with van der Waals surface area (Å²) in [6.07, 6.45) is 1.61. The summed E-state index contributed by atoms with van der Waals surface area (Å²) in [5.74, 6) is 1.52. The molecule has 1 fully saturated rings. The first-order valence-electron chi connectivity index (χ1n) is 5.12. The highest BCUT2D eigenvalue weighted by molar-refractivity contribution is 6.18. The van der Waals surface area contributed by atoms with E-state index < -0.39 is 0 Å². The van der Waals surface area contributed by atoms with Crippen molar-refractivity contribution < 1.29 is 4.74 Å². The number of ether oxygens (including phenoxy) is 1. The lowest BCUT2D eigenvalue weighted by Crippen LogP contribution is -2.26. The molecule has 1 atom stereocenters. The Hall–Kier alpha value is 0.210. The van der Waals surface area contributed by atoms with Crippen molar-refractivity contribution in [2.75, 3.05) is 32.1 Å². The number of likely N-dealkylation sites (tertiary alicyclic amines) is 1. The van der Waals surface area contributed by atoms with E-state index in [0.29, 0.717) is 12.0 Å². The van der Waals surface area contributed by atoms with Gasteiger partial charge in [-0.25, -0.2) is 0 Å². The number of rotatable bonds is 5. The van der Waals surface area contributed by atoms with E-state index in [4.69, 9.17) is 16.3 Å². The van der Waals surface area contributed by atoms with Gasteiger partial charge in [0.2, 0.25) is 0 Å². The van der Waals surface area contributed by atoms with Crippen LogP contribution in [0.3, 0.4) is 0 Å². The largest absolute Gasteiger partial charge is 0.377 e. The smallest absolute Gasteiger partial charge is 0.0596 e. The van der Waals surface area contributed by atoms with Crippen molar-refractivity contribution in [3.63, 3.8) is 0 Å². The van der Waals surface area contributed by atoms with Crippen molar-refractivity contribution in [2.24, 2.45) is 5.92 Å². The minimum absolute atomic E-state index is 0.353. The molecule has 1 rings (SSSR count). The second-order valence-corrected chi connectivity index (χ2v) is 4.34. The Morgan fingerprint density at radius 1 is 1.54 bits per heavy atom. The average Bonchev–Trinajstić information content (AvgIpc) is 2.52. The molecule has 0 saturated carbocycles. The maximum absolute atomic E-state index is 5.80. The number of alkyl halides is 1. The number of halogens is 1. The van der Waals surface area contributed by atoms with Crippen molar-refractivity contribution in [1.82, 2.24) is 4.90 Å². The Balaban J connectivity index is 2.03. The normalized spacial score (nSPS) is 24.5.